The van der Waals surface area contributed by atoms with Crippen molar-refractivity contribution >= 4 is 17.3 Å². The second-order valence-corrected chi connectivity index (χ2v) is 8.73. The highest BCUT2D eigenvalue weighted by Gasteiger charge is 2.35. The molecular weight excluding hydrogens is 436 g/mol. The number of fused-ring (bicyclic) bond motifs is 1. The molecule has 9 nitrogen and oxygen atoms in total. The van der Waals surface area contributed by atoms with E-state index in [4.69, 9.17) is 9.47 Å². The Morgan fingerprint density at radius 1 is 1.00 bits per heavy atom. The molecule has 0 saturated carbocycles. The fourth-order valence-corrected chi connectivity index (χ4v) is 4.51. The number of hydrogen-bond donors (Lipinski definition) is 2. The van der Waals surface area contributed by atoms with Gasteiger partial charge in [0.15, 0.2) is 0 Å². The van der Waals surface area contributed by atoms with Crippen LogP contribution in [0, 0.1) is 0 Å². The van der Waals surface area contributed by atoms with E-state index >= 15 is 0 Å². The maximum Gasteiger partial charge on any atom is 0.288 e. The number of aliphatic hydroxyl groups is 1. The van der Waals surface area contributed by atoms with Crippen LogP contribution in [0.3, 0.4) is 0 Å². The highest BCUT2D eigenvalue weighted by molar-refractivity contribution is 5.96. The number of morpholine rings is 1. The van der Waals surface area contributed by atoms with Crippen molar-refractivity contribution in [1.29, 1.82) is 0 Å². The molecule has 0 unspecified atom stereocenters. The van der Waals surface area contributed by atoms with Gasteiger partial charge in [-0.1, -0.05) is 18.2 Å². The molecule has 2 aromatic heterocycles. The molecule has 2 aliphatic heterocycles. The molecule has 9 heteroatoms. The van der Waals surface area contributed by atoms with Crippen molar-refractivity contribution in [2.45, 2.75) is 18.4 Å². The van der Waals surface area contributed by atoms with E-state index in [2.05, 4.69) is 10.3 Å². The van der Waals surface area contributed by atoms with Crippen LogP contribution in [-0.2, 0) is 9.47 Å². The second kappa shape index (κ2) is 9.54. The lowest BCUT2D eigenvalue weighted by Gasteiger charge is -2.36. The molecule has 2 fully saturated rings. The Morgan fingerprint density at radius 2 is 1.71 bits per heavy atom. The lowest BCUT2D eigenvalue weighted by atomic mass is 9.91. The summed E-state index contributed by atoms with van der Waals surface area (Å²) in [5.41, 5.74) is 2.14. The quantitative estimate of drug-likeness (QED) is 0.596. The van der Waals surface area contributed by atoms with Crippen LogP contribution in [-0.4, -0.2) is 82.9 Å². The lowest BCUT2D eigenvalue weighted by molar-refractivity contribution is 0.0123. The van der Waals surface area contributed by atoms with E-state index in [9.17, 15) is 14.7 Å². The van der Waals surface area contributed by atoms with Gasteiger partial charge in [0.05, 0.1) is 36.6 Å². The molecule has 0 aliphatic carbocycles. The van der Waals surface area contributed by atoms with Crippen molar-refractivity contribution < 1.29 is 24.2 Å². The first-order chi connectivity index (χ1) is 16.6. The minimum atomic E-state index is -0.711. The van der Waals surface area contributed by atoms with Gasteiger partial charge in [0.1, 0.15) is 0 Å². The Balaban J connectivity index is 1.43. The van der Waals surface area contributed by atoms with E-state index in [0.717, 1.165) is 11.1 Å². The van der Waals surface area contributed by atoms with E-state index in [1.807, 2.05) is 30.3 Å². The Morgan fingerprint density at radius 3 is 2.41 bits per heavy atom. The number of nitrogens with one attached hydrogen (secondary N) is 1. The first-order valence-corrected chi connectivity index (χ1v) is 11.6. The molecule has 178 valence electrons. The van der Waals surface area contributed by atoms with E-state index in [0.29, 0.717) is 63.6 Å². The van der Waals surface area contributed by atoms with Crippen molar-refractivity contribution in [3.63, 3.8) is 0 Å². The average molecular weight is 465 g/mol. The van der Waals surface area contributed by atoms with Gasteiger partial charge in [-0.2, -0.15) is 0 Å². The Bertz CT molecular complexity index is 1180. The van der Waals surface area contributed by atoms with Crippen LogP contribution < -0.4 is 5.32 Å². The number of rotatable bonds is 5. The van der Waals surface area contributed by atoms with E-state index in [-0.39, 0.29) is 24.2 Å². The topological polar surface area (TPSA) is 105 Å². The number of aromatic nitrogens is 2. The number of pyridine rings is 1. The van der Waals surface area contributed by atoms with Gasteiger partial charge in [-0.3, -0.25) is 14.0 Å². The predicted octanol–water partition coefficient (Wildman–Crippen LogP) is 1.74. The summed E-state index contributed by atoms with van der Waals surface area (Å²) in [6.45, 7) is 3.11. The number of amides is 2. The number of carbonyl (C=O) groups is 2. The van der Waals surface area contributed by atoms with Crippen LogP contribution in [0.4, 0.5) is 0 Å². The van der Waals surface area contributed by atoms with E-state index < -0.39 is 5.54 Å². The zero-order valence-corrected chi connectivity index (χ0v) is 18.9. The van der Waals surface area contributed by atoms with Crippen LogP contribution in [0.25, 0.3) is 16.8 Å². The zero-order valence-electron chi connectivity index (χ0n) is 18.9. The van der Waals surface area contributed by atoms with Crippen LogP contribution in [0.1, 0.15) is 33.8 Å². The van der Waals surface area contributed by atoms with Crippen molar-refractivity contribution in [3.05, 3.63) is 60.0 Å². The molecule has 0 radical (unpaired) electrons. The summed E-state index contributed by atoms with van der Waals surface area (Å²) < 4.78 is 12.5. The fraction of sp³-hybridized carbons (Fsp3) is 0.400. The summed E-state index contributed by atoms with van der Waals surface area (Å²) in [6.07, 6.45) is 2.89. The Labute approximate surface area is 197 Å². The second-order valence-electron chi connectivity index (χ2n) is 8.73. The fourth-order valence-electron chi connectivity index (χ4n) is 4.51. The summed E-state index contributed by atoms with van der Waals surface area (Å²) in [6, 6.07) is 13.0. The molecule has 0 atom stereocenters. The van der Waals surface area contributed by atoms with Crippen LogP contribution >= 0.6 is 0 Å². The van der Waals surface area contributed by atoms with Crippen LogP contribution in [0.15, 0.2) is 48.7 Å². The largest absolute Gasteiger partial charge is 0.394 e. The van der Waals surface area contributed by atoms with Gasteiger partial charge < -0.3 is 24.8 Å². The standard InChI is InChI=1S/C25H28N4O5/c30-17-25(8-13-33-14-9-25)27-23(31)22-26-21(20-3-1-2-10-29(20)22)18-4-6-19(7-5-18)24(32)28-11-15-34-16-12-28/h1-7,10,30H,8-9,11-17H2,(H,27,31). The third kappa shape index (κ3) is 4.29. The van der Waals surface area contributed by atoms with Crippen molar-refractivity contribution in [2.24, 2.45) is 0 Å². The van der Waals surface area contributed by atoms with Gasteiger partial charge >= 0.3 is 0 Å². The van der Waals surface area contributed by atoms with Crippen LogP contribution in [0.2, 0.25) is 0 Å². The molecule has 1 aromatic carbocycles. The number of carbonyl (C=O) groups excluding carboxylic acids is 2. The number of benzene rings is 1. The summed E-state index contributed by atoms with van der Waals surface area (Å²) in [4.78, 5) is 32.5. The Hall–Kier alpha value is -3.27. The van der Waals surface area contributed by atoms with Gasteiger partial charge in [-0.05, 0) is 37.1 Å². The van der Waals surface area contributed by atoms with Crippen LogP contribution in [0.5, 0.6) is 0 Å². The minimum absolute atomic E-state index is 0.0182. The van der Waals surface area contributed by atoms with Gasteiger partial charge in [0, 0.05) is 43.6 Å². The molecule has 34 heavy (non-hydrogen) atoms. The lowest BCUT2D eigenvalue weighted by Crippen LogP contribution is -2.54. The molecule has 0 spiro atoms. The number of imidazole rings is 1. The maximum absolute atomic E-state index is 13.2. The molecule has 2 saturated heterocycles. The van der Waals surface area contributed by atoms with Gasteiger partial charge in [-0.25, -0.2) is 4.98 Å². The molecule has 5 rings (SSSR count). The monoisotopic (exact) mass is 464 g/mol. The number of hydrogen-bond acceptors (Lipinski definition) is 6. The normalized spacial score (nSPS) is 18.1. The highest BCUT2D eigenvalue weighted by Crippen LogP contribution is 2.27. The molecule has 4 heterocycles. The van der Waals surface area contributed by atoms with Gasteiger partial charge in [0.2, 0.25) is 5.82 Å². The number of ether oxygens (including phenoxy) is 2. The molecular formula is C25H28N4O5. The minimum Gasteiger partial charge on any atom is -0.394 e. The number of nitrogens with zero attached hydrogens (tertiary/aromatic N) is 3. The summed E-state index contributed by atoms with van der Waals surface area (Å²) in [7, 11) is 0. The third-order valence-corrected chi connectivity index (χ3v) is 6.59. The SMILES string of the molecule is O=C(NC1(CO)CCOCC1)c1nc(-c2ccc(C(=O)N3CCOCC3)cc2)c2ccccn12. The predicted molar refractivity (Wildman–Crippen MR) is 125 cm³/mol. The smallest absolute Gasteiger partial charge is 0.288 e. The summed E-state index contributed by atoms with van der Waals surface area (Å²) in [5.74, 6) is -0.115. The van der Waals surface area contributed by atoms with Crippen molar-refractivity contribution in [1.82, 2.24) is 19.6 Å². The maximum atomic E-state index is 13.2. The van der Waals surface area contributed by atoms with E-state index in [1.165, 1.54) is 0 Å². The first kappa shape index (κ1) is 22.5. The third-order valence-electron chi connectivity index (χ3n) is 6.59. The van der Waals surface area contributed by atoms with Crippen molar-refractivity contribution in [2.75, 3.05) is 46.1 Å². The van der Waals surface area contributed by atoms with E-state index in [1.54, 1.807) is 27.6 Å². The summed E-state index contributed by atoms with van der Waals surface area (Å²) >= 11 is 0. The molecule has 2 N–H and O–H groups in total. The molecule has 3 aromatic rings. The molecule has 2 amide bonds. The van der Waals surface area contributed by atoms with Gasteiger partial charge in [-0.15, -0.1) is 0 Å². The highest BCUT2D eigenvalue weighted by atomic mass is 16.5. The number of aliphatic hydroxyl groups excluding tert-OH is 1. The Kier molecular flexibility index (Phi) is 6.32. The summed E-state index contributed by atoms with van der Waals surface area (Å²) in [5, 5.41) is 13.0. The van der Waals surface area contributed by atoms with Gasteiger partial charge in [0.25, 0.3) is 11.8 Å². The van der Waals surface area contributed by atoms with Crippen molar-refractivity contribution in [3.8, 4) is 11.3 Å². The molecule has 0 bridgehead atoms. The zero-order chi connectivity index (χ0) is 23.5. The molecule has 2 aliphatic rings. The average Bonchev–Trinajstić information content (AvgIpc) is 3.29. The first-order valence-electron chi connectivity index (χ1n) is 11.6.